The van der Waals surface area contributed by atoms with Crippen molar-refractivity contribution in [1.29, 1.82) is 5.26 Å². The Morgan fingerprint density at radius 2 is 2.36 bits per heavy atom. The third-order valence-corrected chi connectivity index (χ3v) is 2.63. The van der Waals surface area contributed by atoms with Gasteiger partial charge < -0.3 is 4.90 Å². The molecule has 0 saturated heterocycles. The molecule has 0 spiro atoms. The highest BCUT2D eigenvalue weighted by Crippen LogP contribution is 2.32. The van der Waals surface area contributed by atoms with Crippen molar-refractivity contribution in [2.75, 3.05) is 11.4 Å². The zero-order valence-electron chi connectivity index (χ0n) is 7.63. The van der Waals surface area contributed by atoms with Gasteiger partial charge in [-0.1, -0.05) is 24.2 Å². The molecular weight excluding hydrogens is 196 g/mol. The van der Waals surface area contributed by atoms with Crippen LogP contribution in [0.2, 0.25) is 5.02 Å². The third-order valence-electron chi connectivity index (χ3n) is 2.40. The molecule has 1 aliphatic rings. The minimum atomic E-state index is 0.478. The number of hydrogen-bond donors (Lipinski definition) is 0. The molecule has 0 bridgehead atoms. The first-order valence-corrected chi connectivity index (χ1v) is 4.75. The maximum atomic E-state index is 8.77. The molecule has 1 aromatic rings. The SMILES string of the molecule is C=C(C#N)N1CCc2ccc(Cl)cc21. The van der Waals surface area contributed by atoms with E-state index in [2.05, 4.69) is 12.6 Å². The molecule has 0 fully saturated rings. The van der Waals surface area contributed by atoms with E-state index in [4.69, 9.17) is 16.9 Å². The van der Waals surface area contributed by atoms with Crippen molar-refractivity contribution < 1.29 is 0 Å². The lowest BCUT2D eigenvalue weighted by Crippen LogP contribution is -2.17. The van der Waals surface area contributed by atoms with Crippen molar-refractivity contribution >= 4 is 17.3 Å². The van der Waals surface area contributed by atoms with Crippen molar-refractivity contribution in [3.8, 4) is 6.07 Å². The van der Waals surface area contributed by atoms with Crippen molar-refractivity contribution in [3.05, 3.63) is 41.1 Å². The second kappa shape index (κ2) is 3.36. The van der Waals surface area contributed by atoms with Gasteiger partial charge in [0.05, 0.1) is 0 Å². The van der Waals surface area contributed by atoms with Crippen LogP contribution in [-0.4, -0.2) is 6.54 Å². The number of nitriles is 1. The minimum Gasteiger partial charge on any atom is -0.333 e. The van der Waals surface area contributed by atoms with E-state index in [9.17, 15) is 0 Å². The lowest BCUT2D eigenvalue weighted by atomic mass is 10.2. The third kappa shape index (κ3) is 1.36. The molecule has 0 radical (unpaired) electrons. The van der Waals surface area contributed by atoms with Crippen LogP contribution in [0.1, 0.15) is 5.56 Å². The van der Waals surface area contributed by atoms with E-state index in [1.807, 2.05) is 23.1 Å². The molecule has 1 aromatic carbocycles. The van der Waals surface area contributed by atoms with Gasteiger partial charge in [-0.15, -0.1) is 0 Å². The van der Waals surface area contributed by atoms with Crippen LogP contribution in [0.3, 0.4) is 0 Å². The van der Waals surface area contributed by atoms with E-state index in [1.165, 1.54) is 5.56 Å². The highest BCUT2D eigenvalue weighted by atomic mass is 35.5. The predicted octanol–water partition coefficient (Wildman–Crippen LogP) is 2.74. The van der Waals surface area contributed by atoms with Gasteiger partial charge >= 0.3 is 0 Å². The average Bonchev–Trinajstić information content (AvgIpc) is 2.59. The Labute approximate surface area is 88.0 Å². The zero-order valence-corrected chi connectivity index (χ0v) is 8.38. The zero-order chi connectivity index (χ0) is 10.1. The number of allylic oxidation sites excluding steroid dienone is 1. The normalized spacial score (nSPS) is 13.6. The van der Waals surface area contributed by atoms with Gasteiger partial charge in [-0.2, -0.15) is 5.26 Å². The van der Waals surface area contributed by atoms with Gasteiger partial charge in [-0.3, -0.25) is 0 Å². The van der Waals surface area contributed by atoms with E-state index < -0.39 is 0 Å². The minimum absolute atomic E-state index is 0.478. The van der Waals surface area contributed by atoms with Crippen molar-refractivity contribution in [2.24, 2.45) is 0 Å². The van der Waals surface area contributed by atoms with Crippen LogP contribution in [0.15, 0.2) is 30.5 Å². The number of fused-ring (bicyclic) bond motifs is 1. The number of anilines is 1. The molecule has 0 atom stereocenters. The molecule has 70 valence electrons. The first-order valence-electron chi connectivity index (χ1n) is 4.37. The summed E-state index contributed by atoms with van der Waals surface area (Å²) in [5.41, 5.74) is 2.72. The summed E-state index contributed by atoms with van der Waals surface area (Å²) in [6, 6.07) is 7.81. The van der Waals surface area contributed by atoms with Crippen LogP contribution in [0, 0.1) is 11.3 Å². The highest BCUT2D eigenvalue weighted by Gasteiger charge is 2.20. The predicted molar refractivity (Wildman–Crippen MR) is 57.3 cm³/mol. The average molecular weight is 205 g/mol. The highest BCUT2D eigenvalue weighted by molar-refractivity contribution is 6.30. The van der Waals surface area contributed by atoms with Crippen LogP contribution in [-0.2, 0) is 6.42 Å². The quantitative estimate of drug-likeness (QED) is 0.658. The molecule has 0 aromatic heterocycles. The Morgan fingerprint density at radius 1 is 1.57 bits per heavy atom. The maximum absolute atomic E-state index is 8.77. The molecule has 2 nitrogen and oxygen atoms in total. The lowest BCUT2D eigenvalue weighted by Gasteiger charge is -2.16. The molecule has 0 aliphatic carbocycles. The molecule has 0 saturated carbocycles. The molecule has 1 heterocycles. The maximum Gasteiger partial charge on any atom is 0.117 e. The summed E-state index contributed by atoms with van der Waals surface area (Å²) in [7, 11) is 0. The fourth-order valence-corrected chi connectivity index (χ4v) is 1.86. The van der Waals surface area contributed by atoms with Gasteiger partial charge in [0.2, 0.25) is 0 Å². The fourth-order valence-electron chi connectivity index (χ4n) is 1.69. The van der Waals surface area contributed by atoms with Crippen molar-refractivity contribution in [3.63, 3.8) is 0 Å². The van der Waals surface area contributed by atoms with Crippen LogP contribution in [0.25, 0.3) is 0 Å². The lowest BCUT2D eigenvalue weighted by molar-refractivity contribution is 0.970. The summed E-state index contributed by atoms with van der Waals surface area (Å²) in [6.07, 6.45) is 0.952. The Morgan fingerprint density at radius 3 is 3.07 bits per heavy atom. The molecule has 2 rings (SSSR count). The molecule has 1 aliphatic heterocycles. The van der Waals surface area contributed by atoms with E-state index in [1.54, 1.807) is 0 Å². The number of rotatable bonds is 1. The summed E-state index contributed by atoms with van der Waals surface area (Å²) in [6.45, 7) is 4.53. The fraction of sp³-hybridized carbons (Fsp3) is 0.182. The van der Waals surface area contributed by atoms with Crippen LogP contribution >= 0.6 is 11.6 Å². The van der Waals surface area contributed by atoms with E-state index in [-0.39, 0.29) is 0 Å². The van der Waals surface area contributed by atoms with Gasteiger partial charge in [0.1, 0.15) is 11.8 Å². The van der Waals surface area contributed by atoms with Gasteiger partial charge in [-0.25, -0.2) is 0 Å². The van der Waals surface area contributed by atoms with Crippen molar-refractivity contribution in [1.82, 2.24) is 0 Å². The van der Waals surface area contributed by atoms with Gasteiger partial charge in [0, 0.05) is 17.3 Å². The monoisotopic (exact) mass is 204 g/mol. The summed E-state index contributed by atoms with van der Waals surface area (Å²) in [4.78, 5) is 1.90. The van der Waals surface area contributed by atoms with Gasteiger partial charge in [0.15, 0.2) is 0 Å². The molecule has 0 N–H and O–H groups in total. The Hall–Kier alpha value is -1.46. The molecule has 14 heavy (non-hydrogen) atoms. The first kappa shape index (κ1) is 9.11. The summed E-state index contributed by atoms with van der Waals surface area (Å²) < 4.78 is 0. The smallest absolute Gasteiger partial charge is 0.117 e. The number of nitrogens with zero attached hydrogens (tertiary/aromatic N) is 2. The van der Waals surface area contributed by atoms with Gasteiger partial charge in [0.25, 0.3) is 0 Å². The summed E-state index contributed by atoms with van der Waals surface area (Å²) in [5, 5.41) is 9.46. The molecular formula is C11H9ClN2. The Bertz CT molecular complexity index is 431. The standard InChI is InChI=1S/C11H9ClN2/c1-8(7-13)14-5-4-9-2-3-10(12)6-11(9)14/h2-3,6H,1,4-5H2. The summed E-state index contributed by atoms with van der Waals surface area (Å²) in [5.74, 6) is 0. The molecule has 0 unspecified atom stereocenters. The Kier molecular flexibility index (Phi) is 2.18. The van der Waals surface area contributed by atoms with E-state index >= 15 is 0 Å². The second-order valence-corrected chi connectivity index (χ2v) is 3.67. The van der Waals surface area contributed by atoms with E-state index in [0.717, 1.165) is 18.7 Å². The second-order valence-electron chi connectivity index (χ2n) is 3.23. The van der Waals surface area contributed by atoms with Crippen LogP contribution < -0.4 is 4.90 Å². The number of halogens is 1. The van der Waals surface area contributed by atoms with Crippen LogP contribution in [0.5, 0.6) is 0 Å². The van der Waals surface area contributed by atoms with Crippen LogP contribution in [0.4, 0.5) is 5.69 Å². The summed E-state index contributed by atoms with van der Waals surface area (Å²) >= 11 is 5.90. The topological polar surface area (TPSA) is 27.0 Å². The number of hydrogen-bond acceptors (Lipinski definition) is 2. The van der Waals surface area contributed by atoms with Gasteiger partial charge in [-0.05, 0) is 24.1 Å². The largest absolute Gasteiger partial charge is 0.333 e. The molecule has 3 heteroatoms. The Balaban J connectivity index is 2.44. The number of benzene rings is 1. The van der Waals surface area contributed by atoms with E-state index in [0.29, 0.717) is 10.7 Å². The first-order chi connectivity index (χ1) is 6.72. The van der Waals surface area contributed by atoms with Crippen molar-refractivity contribution in [2.45, 2.75) is 6.42 Å². The molecule has 0 amide bonds.